The number of rotatable bonds is 7. The van der Waals surface area contributed by atoms with Crippen LogP contribution in [0.3, 0.4) is 0 Å². The van der Waals surface area contributed by atoms with E-state index in [0.717, 1.165) is 17.0 Å². The summed E-state index contributed by atoms with van der Waals surface area (Å²) in [6.45, 7) is -0.0102. The molecule has 1 aliphatic heterocycles. The number of nitrogens with zero attached hydrogens (tertiary/aromatic N) is 1. The number of ether oxygens (including phenoxy) is 1. The van der Waals surface area contributed by atoms with Crippen molar-refractivity contribution in [3.05, 3.63) is 47.1 Å². The number of benzene rings is 1. The van der Waals surface area contributed by atoms with E-state index in [0.29, 0.717) is 17.3 Å². The van der Waals surface area contributed by atoms with Gasteiger partial charge < -0.3 is 14.3 Å². The molecule has 1 N–H and O–H groups in total. The quantitative estimate of drug-likeness (QED) is 0.620. The zero-order valence-electron chi connectivity index (χ0n) is 15.1. The maximum Gasteiger partial charge on any atom is 0.573 e. The fraction of sp³-hybridized carbons (Fsp3) is 0.211. The first-order valence-electron chi connectivity index (χ1n) is 8.55. The van der Waals surface area contributed by atoms with Crippen molar-refractivity contribution >= 4 is 35.0 Å². The molecule has 2 aromatic rings. The average molecular weight is 441 g/mol. The van der Waals surface area contributed by atoms with Crippen LogP contribution in [0.5, 0.6) is 5.75 Å². The van der Waals surface area contributed by atoms with Crippen molar-refractivity contribution in [3.63, 3.8) is 0 Å². The third-order valence-corrected chi connectivity index (χ3v) is 4.81. The van der Waals surface area contributed by atoms with Gasteiger partial charge in [0.25, 0.3) is 11.1 Å². The van der Waals surface area contributed by atoms with Gasteiger partial charge in [0.1, 0.15) is 17.3 Å². The lowest BCUT2D eigenvalue weighted by Gasteiger charge is -2.10. The molecule has 30 heavy (non-hydrogen) atoms. The molecule has 1 aliphatic rings. The lowest BCUT2D eigenvalue weighted by Crippen LogP contribution is -2.29. The van der Waals surface area contributed by atoms with Crippen LogP contribution < -0.4 is 4.74 Å². The van der Waals surface area contributed by atoms with Crippen molar-refractivity contribution in [1.82, 2.24) is 4.90 Å². The van der Waals surface area contributed by atoms with Crippen LogP contribution in [-0.2, 0) is 9.59 Å². The van der Waals surface area contributed by atoms with Crippen molar-refractivity contribution in [2.24, 2.45) is 0 Å². The Hall–Kier alpha value is -3.21. The van der Waals surface area contributed by atoms with Crippen LogP contribution in [0.1, 0.15) is 18.6 Å². The lowest BCUT2D eigenvalue weighted by atomic mass is 10.1. The Morgan fingerprint density at radius 2 is 2.00 bits per heavy atom. The third kappa shape index (κ3) is 5.44. The molecule has 158 valence electrons. The fourth-order valence-corrected chi connectivity index (χ4v) is 3.49. The minimum absolute atomic E-state index is 0.0102. The number of halogens is 3. The van der Waals surface area contributed by atoms with Crippen LogP contribution in [0.15, 0.2) is 45.7 Å². The Morgan fingerprint density at radius 3 is 2.70 bits per heavy atom. The van der Waals surface area contributed by atoms with Gasteiger partial charge in [0, 0.05) is 24.6 Å². The number of hydrogen-bond donors (Lipinski definition) is 1. The highest BCUT2D eigenvalue weighted by molar-refractivity contribution is 8.18. The number of aliphatic carboxylic acids is 1. The first-order valence-corrected chi connectivity index (χ1v) is 9.37. The first-order chi connectivity index (χ1) is 14.1. The minimum atomic E-state index is -4.82. The molecule has 0 radical (unpaired) electrons. The highest BCUT2D eigenvalue weighted by atomic mass is 32.2. The van der Waals surface area contributed by atoms with Crippen molar-refractivity contribution < 1.29 is 41.8 Å². The van der Waals surface area contributed by atoms with E-state index in [-0.39, 0.29) is 35.8 Å². The fourth-order valence-electron chi connectivity index (χ4n) is 2.64. The molecular weight excluding hydrogens is 427 g/mol. The Labute approximate surface area is 172 Å². The Morgan fingerprint density at radius 1 is 1.23 bits per heavy atom. The monoisotopic (exact) mass is 441 g/mol. The SMILES string of the molecule is O=C(O)CCCN1C(=O)S/C(=C/c2ccc(-c3cccc(OC(F)(F)F)c3)o2)C1=O. The number of amides is 2. The van der Waals surface area contributed by atoms with Gasteiger partial charge in [-0.05, 0) is 42.4 Å². The number of furan rings is 1. The van der Waals surface area contributed by atoms with E-state index in [4.69, 9.17) is 9.52 Å². The molecule has 1 fully saturated rings. The highest BCUT2D eigenvalue weighted by Crippen LogP contribution is 2.34. The van der Waals surface area contributed by atoms with Crippen molar-refractivity contribution in [2.45, 2.75) is 19.2 Å². The topological polar surface area (TPSA) is 97.1 Å². The predicted octanol–water partition coefficient (Wildman–Crippen LogP) is 4.75. The molecular formula is C19H14F3NO6S. The number of carbonyl (C=O) groups excluding carboxylic acids is 2. The van der Waals surface area contributed by atoms with E-state index >= 15 is 0 Å². The molecule has 3 rings (SSSR count). The number of hydrogen-bond acceptors (Lipinski definition) is 6. The van der Waals surface area contributed by atoms with Gasteiger partial charge >= 0.3 is 12.3 Å². The molecule has 1 aromatic heterocycles. The van der Waals surface area contributed by atoms with Crippen molar-refractivity contribution in [2.75, 3.05) is 6.54 Å². The average Bonchev–Trinajstić information content (AvgIpc) is 3.20. The normalized spacial score (nSPS) is 15.8. The maximum atomic E-state index is 12.4. The molecule has 0 bridgehead atoms. The summed E-state index contributed by atoms with van der Waals surface area (Å²) in [6.07, 6.45) is -3.50. The zero-order chi connectivity index (χ0) is 21.9. The van der Waals surface area contributed by atoms with E-state index in [1.54, 1.807) is 0 Å². The molecule has 1 saturated heterocycles. The van der Waals surface area contributed by atoms with Gasteiger partial charge in [-0.3, -0.25) is 19.3 Å². The summed E-state index contributed by atoms with van der Waals surface area (Å²) in [5.41, 5.74) is 0.332. The third-order valence-electron chi connectivity index (χ3n) is 3.90. The smallest absolute Gasteiger partial charge is 0.481 e. The number of alkyl halides is 3. The molecule has 0 unspecified atom stereocenters. The Balaban J connectivity index is 1.73. The molecule has 0 aliphatic carbocycles. The van der Waals surface area contributed by atoms with Gasteiger partial charge in [0.15, 0.2) is 0 Å². The van der Waals surface area contributed by atoms with E-state index < -0.39 is 29.2 Å². The van der Waals surface area contributed by atoms with E-state index in [2.05, 4.69) is 4.74 Å². The van der Waals surface area contributed by atoms with Crippen LogP contribution in [0.4, 0.5) is 18.0 Å². The lowest BCUT2D eigenvalue weighted by molar-refractivity contribution is -0.274. The van der Waals surface area contributed by atoms with Crippen LogP contribution in [0.25, 0.3) is 17.4 Å². The molecule has 0 atom stereocenters. The summed E-state index contributed by atoms with van der Waals surface area (Å²) in [6, 6.07) is 8.23. The number of carboxylic acids is 1. The van der Waals surface area contributed by atoms with Gasteiger partial charge in [-0.25, -0.2) is 0 Å². The summed E-state index contributed by atoms with van der Waals surface area (Å²) >= 11 is 0.695. The zero-order valence-corrected chi connectivity index (χ0v) is 16.0. The highest BCUT2D eigenvalue weighted by Gasteiger charge is 2.35. The number of carboxylic acid groups (broad SMARTS) is 1. The second-order valence-electron chi connectivity index (χ2n) is 6.11. The van der Waals surface area contributed by atoms with Crippen LogP contribution in [0, 0.1) is 0 Å². The van der Waals surface area contributed by atoms with Gasteiger partial charge in [-0.2, -0.15) is 0 Å². The van der Waals surface area contributed by atoms with E-state index in [1.807, 2.05) is 0 Å². The summed E-state index contributed by atoms with van der Waals surface area (Å²) < 4.78 is 46.6. The van der Waals surface area contributed by atoms with Gasteiger partial charge in [0.05, 0.1) is 4.91 Å². The summed E-state index contributed by atoms with van der Waals surface area (Å²) in [5, 5.41) is 8.14. The van der Waals surface area contributed by atoms with Crippen LogP contribution >= 0.6 is 11.8 Å². The van der Waals surface area contributed by atoms with Crippen LogP contribution in [0.2, 0.25) is 0 Å². The molecule has 2 heterocycles. The summed E-state index contributed by atoms with van der Waals surface area (Å²) in [7, 11) is 0. The molecule has 11 heteroatoms. The maximum absolute atomic E-state index is 12.4. The second kappa shape index (κ2) is 8.66. The van der Waals surface area contributed by atoms with Crippen molar-refractivity contribution in [3.8, 4) is 17.1 Å². The second-order valence-corrected chi connectivity index (χ2v) is 7.10. The number of thioether (sulfide) groups is 1. The molecule has 2 amide bonds. The first kappa shape index (κ1) is 21.5. The van der Waals surface area contributed by atoms with E-state index in [9.17, 15) is 27.6 Å². The minimum Gasteiger partial charge on any atom is -0.481 e. The standard InChI is InChI=1S/C19H14F3NO6S/c20-19(21,22)29-13-4-1-3-11(9-13)14-7-6-12(28-14)10-15-17(26)23(18(27)30-15)8-2-5-16(24)25/h1,3-4,6-7,9-10H,2,5,8H2,(H,24,25)/b15-10+. The molecule has 7 nitrogen and oxygen atoms in total. The molecule has 0 saturated carbocycles. The molecule has 1 aromatic carbocycles. The Kier molecular flexibility index (Phi) is 6.20. The predicted molar refractivity (Wildman–Crippen MR) is 100 cm³/mol. The number of imide groups is 1. The van der Waals surface area contributed by atoms with E-state index in [1.165, 1.54) is 30.3 Å². The largest absolute Gasteiger partial charge is 0.573 e. The summed E-state index contributed by atoms with van der Waals surface area (Å²) in [5.74, 6) is -1.52. The van der Waals surface area contributed by atoms with Gasteiger partial charge in [-0.15, -0.1) is 13.2 Å². The Bertz CT molecular complexity index is 1010. The van der Waals surface area contributed by atoms with Crippen LogP contribution in [-0.4, -0.2) is 40.0 Å². The summed E-state index contributed by atoms with van der Waals surface area (Å²) in [4.78, 5) is 36.0. The van der Waals surface area contributed by atoms with Gasteiger partial charge in [-0.1, -0.05) is 12.1 Å². The molecule has 0 spiro atoms. The number of carbonyl (C=O) groups is 3. The van der Waals surface area contributed by atoms with Gasteiger partial charge in [0.2, 0.25) is 0 Å². The van der Waals surface area contributed by atoms with Crippen molar-refractivity contribution in [1.29, 1.82) is 0 Å².